The number of epoxide rings is 1. The molecular weight excluding hydrogens is 224 g/mol. The summed E-state index contributed by atoms with van der Waals surface area (Å²) in [5.41, 5.74) is 2.95. The molecule has 3 rings (SSSR count). The maximum absolute atomic E-state index is 12.2. The van der Waals surface area contributed by atoms with E-state index in [1.807, 2.05) is 61.5 Å². The first-order valence-electron chi connectivity index (χ1n) is 6.07. The number of ketones is 1. The lowest BCUT2D eigenvalue weighted by Gasteiger charge is -1.98. The second-order valence-electron chi connectivity index (χ2n) is 4.62. The van der Waals surface area contributed by atoms with E-state index in [-0.39, 0.29) is 18.0 Å². The van der Waals surface area contributed by atoms with Crippen molar-refractivity contribution in [2.24, 2.45) is 0 Å². The third-order valence-electron chi connectivity index (χ3n) is 3.21. The van der Waals surface area contributed by atoms with Crippen LogP contribution in [0.3, 0.4) is 0 Å². The first kappa shape index (κ1) is 11.2. The lowest BCUT2D eigenvalue weighted by Crippen LogP contribution is -2.08. The Bertz CT molecular complexity index is 557. The highest BCUT2D eigenvalue weighted by atomic mass is 16.6. The van der Waals surface area contributed by atoms with Crippen LogP contribution >= 0.6 is 0 Å². The molecule has 0 aromatic heterocycles. The molecule has 2 atom stereocenters. The third-order valence-corrected chi connectivity index (χ3v) is 3.21. The van der Waals surface area contributed by atoms with Crippen LogP contribution in [0.2, 0.25) is 0 Å². The Morgan fingerprint density at radius 1 is 1.00 bits per heavy atom. The molecule has 0 bridgehead atoms. The molecule has 2 aromatic rings. The number of ether oxygens (including phenoxy) is 1. The topological polar surface area (TPSA) is 29.6 Å². The molecule has 0 radical (unpaired) electrons. The van der Waals surface area contributed by atoms with Crippen molar-refractivity contribution >= 4 is 5.78 Å². The average Bonchev–Trinajstić information content (AvgIpc) is 3.20. The molecule has 90 valence electrons. The van der Waals surface area contributed by atoms with E-state index < -0.39 is 0 Å². The maximum Gasteiger partial charge on any atom is 0.194 e. The fourth-order valence-corrected chi connectivity index (χ4v) is 2.09. The number of carbonyl (C=O) groups is 1. The van der Waals surface area contributed by atoms with Crippen molar-refractivity contribution in [3.05, 3.63) is 71.3 Å². The normalized spacial score (nSPS) is 21.6. The number of aryl methyl sites for hydroxylation is 1. The smallest absolute Gasteiger partial charge is 0.194 e. The van der Waals surface area contributed by atoms with Gasteiger partial charge >= 0.3 is 0 Å². The van der Waals surface area contributed by atoms with Gasteiger partial charge in [0, 0.05) is 5.56 Å². The van der Waals surface area contributed by atoms with Gasteiger partial charge < -0.3 is 4.74 Å². The van der Waals surface area contributed by atoms with Gasteiger partial charge in [-0.25, -0.2) is 0 Å². The summed E-state index contributed by atoms with van der Waals surface area (Å²) in [6.45, 7) is 2.01. The van der Waals surface area contributed by atoms with Crippen molar-refractivity contribution in [2.45, 2.75) is 19.1 Å². The zero-order valence-electron chi connectivity index (χ0n) is 10.2. The highest BCUT2D eigenvalue weighted by Gasteiger charge is 2.45. The molecule has 2 nitrogen and oxygen atoms in total. The minimum absolute atomic E-state index is 0.0694. The van der Waals surface area contributed by atoms with Crippen LogP contribution in [0.4, 0.5) is 0 Å². The molecule has 0 N–H and O–H groups in total. The van der Waals surface area contributed by atoms with Crippen LogP contribution in [0.15, 0.2) is 54.6 Å². The van der Waals surface area contributed by atoms with E-state index in [4.69, 9.17) is 4.74 Å². The van der Waals surface area contributed by atoms with Gasteiger partial charge in [-0.15, -0.1) is 0 Å². The van der Waals surface area contributed by atoms with Crippen molar-refractivity contribution in [3.63, 3.8) is 0 Å². The zero-order valence-corrected chi connectivity index (χ0v) is 10.2. The molecule has 0 amide bonds. The number of hydrogen-bond donors (Lipinski definition) is 0. The Balaban J connectivity index is 1.75. The number of benzene rings is 2. The van der Waals surface area contributed by atoms with E-state index in [1.54, 1.807) is 0 Å². The molecule has 1 aliphatic heterocycles. The first-order valence-corrected chi connectivity index (χ1v) is 6.07. The summed E-state index contributed by atoms with van der Waals surface area (Å²) >= 11 is 0. The van der Waals surface area contributed by atoms with Gasteiger partial charge in [-0.2, -0.15) is 0 Å². The van der Waals surface area contributed by atoms with Crippen LogP contribution in [0.1, 0.15) is 27.6 Å². The van der Waals surface area contributed by atoms with Gasteiger partial charge in [-0.1, -0.05) is 60.2 Å². The van der Waals surface area contributed by atoms with E-state index in [1.165, 1.54) is 0 Å². The SMILES string of the molecule is Cc1ccc(C(=O)[C@H]2O[C@@H]2c2ccccc2)cc1. The Kier molecular flexibility index (Phi) is 2.73. The van der Waals surface area contributed by atoms with Crippen LogP contribution in [0, 0.1) is 6.92 Å². The molecule has 2 aromatic carbocycles. The number of rotatable bonds is 3. The zero-order chi connectivity index (χ0) is 12.5. The lowest BCUT2D eigenvalue weighted by atomic mass is 10.0. The van der Waals surface area contributed by atoms with Gasteiger partial charge in [0.25, 0.3) is 0 Å². The fraction of sp³-hybridized carbons (Fsp3) is 0.188. The molecule has 1 heterocycles. The highest BCUT2D eigenvalue weighted by Crippen LogP contribution is 2.40. The van der Waals surface area contributed by atoms with Crippen molar-refractivity contribution in [1.82, 2.24) is 0 Å². The molecular formula is C16H14O2. The Labute approximate surface area is 106 Å². The number of hydrogen-bond acceptors (Lipinski definition) is 2. The third kappa shape index (κ3) is 2.07. The summed E-state index contributed by atoms with van der Waals surface area (Å²) in [5, 5.41) is 0. The fourth-order valence-electron chi connectivity index (χ4n) is 2.09. The summed E-state index contributed by atoms with van der Waals surface area (Å²) in [7, 11) is 0. The van der Waals surface area contributed by atoms with Gasteiger partial charge in [0.2, 0.25) is 0 Å². The molecule has 1 saturated heterocycles. The van der Waals surface area contributed by atoms with Crippen LogP contribution in [0.25, 0.3) is 0 Å². The minimum Gasteiger partial charge on any atom is -0.356 e. The molecule has 0 saturated carbocycles. The van der Waals surface area contributed by atoms with Crippen LogP contribution < -0.4 is 0 Å². The van der Waals surface area contributed by atoms with E-state index in [0.29, 0.717) is 0 Å². The summed E-state index contributed by atoms with van der Waals surface area (Å²) < 4.78 is 5.50. The predicted molar refractivity (Wildman–Crippen MR) is 69.6 cm³/mol. The van der Waals surface area contributed by atoms with Crippen LogP contribution in [-0.2, 0) is 4.74 Å². The van der Waals surface area contributed by atoms with Crippen molar-refractivity contribution in [3.8, 4) is 0 Å². The Hall–Kier alpha value is -1.93. The second kappa shape index (κ2) is 4.39. The predicted octanol–water partition coefficient (Wildman–Crippen LogP) is 3.32. The van der Waals surface area contributed by atoms with Gasteiger partial charge in [-0.3, -0.25) is 4.79 Å². The quantitative estimate of drug-likeness (QED) is 0.606. The number of Topliss-reactive ketones (excluding diaryl/α,β-unsaturated/α-hetero) is 1. The summed E-state index contributed by atoms with van der Waals surface area (Å²) in [4.78, 5) is 12.2. The number of carbonyl (C=O) groups excluding carboxylic acids is 1. The van der Waals surface area contributed by atoms with Gasteiger partial charge in [0.1, 0.15) is 6.10 Å². The largest absolute Gasteiger partial charge is 0.356 e. The summed E-state index contributed by atoms with van der Waals surface area (Å²) in [6.07, 6.45) is -0.380. The van der Waals surface area contributed by atoms with Gasteiger partial charge in [0.15, 0.2) is 11.9 Å². The molecule has 0 unspecified atom stereocenters. The van der Waals surface area contributed by atoms with Crippen molar-refractivity contribution < 1.29 is 9.53 Å². The molecule has 0 aliphatic carbocycles. The molecule has 2 heteroatoms. The van der Waals surface area contributed by atoms with E-state index in [0.717, 1.165) is 16.7 Å². The average molecular weight is 238 g/mol. The summed E-state index contributed by atoms with van der Waals surface area (Å²) in [5.74, 6) is 0.0730. The monoisotopic (exact) mass is 238 g/mol. The first-order chi connectivity index (χ1) is 8.75. The van der Waals surface area contributed by atoms with Crippen LogP contribution in [-0.4, -0.2) is 11.9 Å². The second-order valence-corrected chi connectivity index (χ2v) is 4.62. The van der Waals surface area contributed by atoms with E-state index in [2.05, 4.69) is 0 Å². The van der Waals surface area contributed by atoms with E-state index >= 15 is 0 Å². The van der Waals surface area contributed by atoms with Gasteiger partial charge in [-0.05, 0) is 12.5 Å². The van der Waals surface area contributed by atoms with Crippen molar-refractivity contribution in [1.29, 1.82) is 0 Å². The van der Waals surface area contributed by atoms with Gasteiger partial charge in [0.05, 0.1) is 0 Å². The molecule has 18 heavy (non-hydrogen) atoms. The Morgan fingerprint density at radius 2 is 1.67 bits per heavy atom. The summed E-state index contributed by atoms with van der Waals surface area (Å²) in [6, 6.07) is 17.5. The maximum atomic E-state index is 12.2. The minimum atomic E-state index is -0.310. The Morgan fingerprint density at radius 3 is 2.33 bits per heavy atom. The lowest BCUT2D eigenvalue weighted by molar-refractivity contribution is 0.0953. The highest BCUT2D eigenvalue weighted by molar-refractivity contribution is 6.01. The molecule has 0 spiro atoms. The molecule has 1 fully saturated rings. The van der Waals surface area contributed by atoms with E-state index in [9.17, 15) is 4.79 Å². The van der Waals surface area contributed by atoms with Crippen LogP contribution in [0.5, 0.6) is 0 Å². The molecule has 1 aliphatic rings. The van der Waals surface area contributed by atoms with Crippen molar-refractivity contribution in [2.75, 3.05) is 0 Å². The standard InChI is InChI=1S/C16H14O2/c1-11-7-9-12(10-8-11)14(17)16-15(18-16)13-5-3-2-4-6-13/h2-10,15-16H,1H3/t15-,16-/m1/s1.